The van der Waals surface area contributed by atoms with E-state index in [1.165, 1.54) is 31.2 Å². The van der Waals surface area contributed by atoms with Gasteiger partial charge in [-0.2, -0.15) is 5.26 Å². The highest BCUT2D eigenvalue weighted by atomic mass is 35.5. The Morgan fingerprint density at radius 3 is 2.71 bits per heavy atom. The molecule has 1 atom stereocenters. The second-order valence-electron chi connectivity index (χ2n) is 4.86. The van der Waals surface area contributed by atoms with E-state index >= 15 is 0 Å². The molecule has 0 bridgehead atoms. The van der Waals surface area contributed by atoms with Gasteiger partial charge in [0.05, 0.1) is 22.2 Å². The Morgan fingerprint density at radius 2 is 2.04 bits per heavy atom. The Morgan fingerprint density at radius 1 is 1.29 bits per heavy atom. The molecule has 122 valence electrons. The molecule has 0 spiro atoms. The first-order chi connectivity index (χ1) is 11.4. The van der Waals surface area contributed by atoms with Crippen molar-refractivity contribution in [2.24, 2.45) is 0 Å². The Bertz CT molecular complexity index is 833. The number of ether oxygens (including phenoxy) is 1. The predicted molar refractivity (Wildman–Crippen MR) is 86.1 cm³/mol. The standard InChI is InChI=1S/C17H12ClFN2O3/c1-10(16(22)21-13-5-6-15(19)14(18)8-13)24-17(23)12-4-2-3-11(7-12)9-20/h2-8,10H,1H3,(H,21,22)/t10-/m1/s1. The van der Waals surface area contributed by atoms with Crippen molar-refractivity contribution in [1.82, 2.24) is 0 Å². The maximum absolute atomic E-state index is 13.1. The first-order valence-corrected chi connectivity index (χ1v) is 7.25. The molecule has 0 heterocycles. The second-order valence-corrected chi connectivity index (χ2v) is 5.27. The van der Waals surface area contributed by atoms with Crippen molar-refractivity contribution in [1.29, 1.82) is 5.26 Å². The summed E-state index contributed by atoms with van der Waals surface area (Å²) in [5.74, 6) is -1.93. The van der Waals surface area contributed by atoms with E-state index in [2.05, 4.69) is 5.32 Å². The van der Waals surface area contributed by atoms with Crippen LogP contribution in [0.4, 0.5) is 10.1 Å². The summed E-state index contributed by atoms with van der Waals surface area (Å²) in [4.78, 5) is 24.0. The van der Waals surface area contributed by atoms with Crippen molar-refractivity contribution in [3.63, 3.8) is 0 Å². The lowest BCUT2D eigenvalue weighted by Gasteiger charge is -2.14. The van der Waals surface area contributed by atoms with Crippen LogP contribution in [0.3, 0.4) is 0 Å². The molecule has 0 radical (unpaired) electrons. The number of carbonyl (C=O) groups is 2. The van der Waals surface area contributed by atoms with Gasteiger partial charge in [0, 0.05) is 5.69 Å². The van der Waals surface area contributed by atoms with Crippen LogP contribution in [0.1, 0.15) is 22.8 Å². The quantitative estimate of drug-likeness (QED) is 0.859. The number of halogens is 2. The molecule has 0 aliphatic heterocycles. The number of amides is 1. The van der Waals surface area contributed by atoms with Crippen LogP contribution in [-0.4, -0.2) is 18.0 Å². The van der Waals surface area contributed by atoms with E-state index < -0.39 is 23.8 Å². The summed E-state index contributed by atoms with van der Waals surface area (Å²) in [7, 11) is 0. The lowest BCUT2D eigenvalue weighted by atomic mass is 10.1. The molecule has 0 aliphatic carbocycles. The Kier molecular flexibility index (Phi) is 5.51. The Hall–Kier alpha value is -2.91. The number of anilines is 1. The summed E-state index contributed by atoms with van der Waals surface area (Å²) in [5.41, 5.74) is 0.752. The number of nitrogens with zero attached hydrogens (tertiary/aromatic N) is 1. The summed E-state index contributed by atoms with van der Waals surface area (Å²) in [6.07, 6.45) is -1.09. The van der Waals surface area contributed by atoms with Gasteiger partial charge in [-0.3, -0.25) is 4.79 Å². The molecule has 24 heavy (non-hydrogen) atoms. The van der Waals surface area contributed by atoms with Crippen LogP contribution >= 0.6 is 11.6 Å². The fraction of sp³-hybridized carbons (Fsp3) is 0.118. The third-order valence-corrected chi connectivity index (χ3v) is 3.36. The zero-order chi connectivity index (χ0) is 17.7. The molecule has 0 saturated heterocycles. The first-order valence-electron chi connectivity index (χ1n) is 6.88. The van der Waals surface area contributed by atoms with Crippen LogP contribution in [0.15, 0.2) is 42.5 Å². The van der Waals surface area contributed by atoms with Crippen molar-refractivity contribution in [2.45, 2.75) is 13.0 Å². The lowest BCUT2D eigenvalue weighted by Crippen LogP contribution is -2.30. The smallest absolute Gasteiger partial charge is 0.338 e. The molecular formula is C17H12ClFN2O3. The average molecular weight is 347 g/mol. The number of carbonyl (C=O) groups excluding carboxylic acids is 2. The molecule has 0 aliphatic rings. The molecule has 1 N–H and O–H groups in total. The van der Waals surface area contributed by atoms with Crippen LogP contribution in [0.5, 0.6) is 0 Å². The maximum Gasteiger partial charge on any atom is 0.338 e. The maximum atomic E-state index is 13.1. The first kappa shape index (κ1) is 17.4. The van der Waals surface area contributed by atoms with Gasteiger partial charge in [-0.25, -0.2) is 9.18 Å². The zero-order valence-corrected chi connectivity index (χ0v) is 13.3. The van der Waals surface area contributed by atoms with Gasteiger partial charge in [0.2, 0.25) is 0 Å². The molecule has 0 fully saturated rings. The van der Waals surface area contributed by atoms with Crippen LogP contribution in [0, 0.1) is 17.1 Å². The summed E-state index contributed by atoms with van der Waals surface area (Å²) >= 11 is 5.63. The van der Waals surface area contributed by atoms with E-state index in [0.29, 0.717) is 5.56 Å². The average Bonchev–Trinajstić information content (AvgIpc) is 2.58. The summed E-state index contributed by atoms with van der Waals surface area (Å²) < 4.78 is 18.1. The van der Waals surface area contributed by atoms with Crippen LogP contribution < -0.4 is 5.32 Å². The largest absolute Gasteiger partial charge is 0.449 e. The van der Waals surface area contributed by atoms with E-state index in [1.54, 1.807) is 12.1 Å². The van der Waals surface area contributed by atoms with E-state index in [4.69, 9.17) is 21.6 Å². The number of hydrogen-bond acceptors (Lipinski definition) is 4. The van der Waals surface area contributed by atoms with Gasteiger partial charge in [0.1, 0.15) is 5.82 Å². The summed E-state index contributed by atoms with van der Waals surface area (Å²) in [6, 6.07) is 11.5. The Balaban J connectivity index is 2.01. The number of rotatable bonds is 4. The minimum atomic E-state index is -1.09. The van der Waals surface area contributed by atoms with Gasteiger partial charge in [-0.15, -0.1) is 0 Å². The number of nitriles is 1. The van der Waals surface area contributed by atoms with Crippen LogP contribution in [-0.2, 0) is 9.53 Å². The SMILES string of the molecule is C[C@@H](OC(=O)c1cccc(C#N)c1)C(=O)Nc1ccc(F)c(Cl)c1. The molecule has 2 rings (SSSR count). The van der Waals surface area contributed by atoms with Crippen molar-refractivity contribution in [3.05, 3.63) is 64.4 Å². The van der Waals surface area contributed by atoms with Crippen molar-refractivity contribution >= 4 is 29.2 Å². The molecule has 2 aromatic carbocycles. The summed E-state index contributed by atoms with van der Waals surface area (Å²) in [5, 5.41) is 11.2. The van der Waals surface area contributed by atoms with Gasteiger partial charge < -0.3 is 10.1 Å². The molecular weight excluding hydrogens is 335 g/mol. The lowest BCUT2D eigenvalue weighted by molar-refractivity contribution is -0.123. The van der Waals surface area contributed by atoms with E-state index in [9.17, 15) is 14.0 Å². The van der Waals surface area contributed by atoms with E-state index in [1.807, 2.05) is 6.07 Å². The van der Waals surface area contributed by atoms with Crippen LogP contribution in [0.2, 0.25) is 5.02 Å². The highest BCUT2D eigenvalue weighted by Crippen LogP contribution is 2.19. The third-order valence-electron chi connectivity index (χ3n) is 3.07. The highest BCUT2D eigenvalue weighted by Gasteiger charge is 2.19. The third kappa shape index (κ3) is 4.31. The van der Waals surface area contributed by atoms with Gasteiger partial charge >= 0.3 is 5.97 Å². The van der Waals surface area contributed by atoms with Crippen molar-refractivity contribution in [3.8, 4) is 6.07 Å². The Labute approximate surface area is 142 Å². The van der Waals surface area contributed by atoms with E-state index in [0.717, 1.165) is 6.07 Å². The van der Waals surface area contributed by atoms with Gasteiger partial charge in [0.15, 0.2) is 6.10 Å². The minimum absolute atomic E-state index is 0.134. The topological polar surface area (TPSA) is 79.2 Å². The van der Waals surface area contributed by atoms with Crippen molar-refractivity contribution < 1.29 is 18.7 Å². The zero-order valence-electron chi connectivity index (χ0n) is 12.5. The fourth-order valence-electron chi connectivity index (χ4n) is 1.82. The molecule has 2 aromatic rings. The molecule has 0 unspecified atom stereocenters. The second kappa shape index (κ2) is 7.57. The number of nitrogens with one attached hydrogen (secondary N) is 1. The molecule has 1 amide bonds. The van der Waals surface area contributed by atoms with Gasteiger partial charge in [0.25, 0.3) is 5.91 Å². The number of esters is 1. The minimum Gasteiger partial charge on any atom is -0.449 e. The van der Waals surface area contributed by atoms with E-state index in [-0.39, 0.29) is 16.3 Å². The summed E-state index contributed by atoms with van der Waals surface area (Å²) in [6.45, 7) is 1.40. The van der Waals surface area contributed by atoms with Crippen molar-refractivity contribution in [2.75, 3.05) is 5.32 Å². The fourth-order valence-corrected chi connectivity index (χ4v) is 2.00. The molecule has 0 saturated carbocycles. The van der Waals surface area contributed by atoms with Crippen LogP contribution in [0.25, 0.3) is 0 Å². The normalized spacial score (nSPS) is 11.2. The molecule has 0 aromatic heterocycles. The number of benzene rings is 2. The molecule has 5 nitrogen and oxygen atoms in total. The molecule has 7 heteroatoms. The van der Waals surface area contributed by atoms with Gasteiger partial charge in [-0.1, -0.05) is 17.7 Å². The number of hydrogen-bond donors (Lipinski definition) is 1. The monoisotopic (exact) mass is 346 g/mol. The predicted octanol–water partition coefficient (Wildman–Crippen LogP) is 3.53. The highest BCUT2D eigenvalue weighted by molar-refractivity contribution is 6.31. The van der Waals surface area contributed by atoms with Gasteiger partial charge in [-0.05, 0) is 43.3 Å².